The number of hydrogen-bond donors (Lipinski definition) is 1. The summed E-state index contributed by atoms with van der Waals surface area (Å²) in [6, 6.07) is 0.122. The molecule has 1 N–H and O–H groups in total. The summed E-state index contributed by atoms with van der Waals surface area (Å²) in [5.74, 6) is 0.701. The van der Waals surface area contributed by atoms with Crippen LogP contribution in [0.1, 0.15) is 32.1 Å². The zero-order valence-corrected chi connectivity index (χ0v) is 10.1. The highest BCUT2D eigenvalue weighted by Crippen LogP contribution is 2.33. The van der Waals surface area contributed by atoms with Gasteiger partial charge in [-0.05, 0) is 44.8 Å². The summed E-state index contributed by atoms with van der Waals surface area (Å²) in [6.07, 6.45) is 1.01. The standard InChI is InChI=1S/C12H21F3N2/c13-12(14,15)9-17(8-5-10-1-2-10)11-3-6-16-7-4-11/h10-11,16H,1-9H2. The topological polar surface area (TPSA) is 15.3 Å². The summed E-state index contributed by atoms with van der Waals surface area (Å²) in [4.78, 5) is 1.67. The van der Waals surface area contributed by atoms with E-state index in [0.29, 0.717) is 12.5 Å². The SMILES string of the molecule is FC(F)(F)CN(CCC1CC1)C1CCNCC1. The summed E-state index contributed by atoms with van der Waals surface area (Å²) < 4.78 is 37.6. The number of hydrogen-bond acceptors (Lipinski definition) is 2. The van der Waals surface area contributed by atoms with Crippen molar-refractivity contribution in [3.63, 3.8) is 0 Å². The van der Waals surface area contributed by atoms with E-state index in [2.05, 4.69) is 5.32 Å². The molecule has 0 radical (unpaired) electrons. The van der Waals surface area contributed by atoms with Crippen molar-refractivity contribution in [3.8, 4) is 0 Å². The molecule has 0 aromatic heterocycles. The van der Waals surface area contributed by atoms with E-state index in [9.17, 15) is 13.2 Å². The first-order valence-corrected chi connectivity index (χ1v) is 6.56. The van der Waals surface area contributed by atoms with Gasteiger partial charge in [0.05, 0.1) is 6.54 Å². The molecule has 1 saturated carbocycles. The molecule has 100 valence electrons. The van der Waals surface area contributed by atoms with E-state index in [4.69, 9.17) is 0 Å². The van der Waals surface area contributed by atoms with Crippen molar-refractivity contribution in [2.75, 3.05) is 26.2 Å². The number of rotatable bonds is 5. The first kappa shape index (κ1) is 13.1. The number of piperidine rings is 1. The number of alkyl halides is 3. The molecule has 0 unspecified atom stereocenters. The Morgan fingerprint density at radius 3 is 2.24 bits per heavy atom. The summed E-state index contributed by atoms with van der Waals surface area (Å²) in [7, 11) is 0. The smallest absolute Gasteiger partial charge is 0.317 e. The molecule has 1 heterocycles. The van der Waals surface area contributed by atoms with E-state index in [1.807, 2.05) is 0 Å². The maximum absolute atomic E-state index is 12.5. The molecular weight excluding hydrogens is 229 g/mol. The van der Waals surface area contributed by atoms with Gasteiger partial charge in [0.2, 0.25) is 0 Å². The Morgan fingerprint density at radius 2 is 1.71 bits per heavy atom. The van der Waals surface area contributed by atoms with Crippen LogP contribution in [-0.2, 0) is 0 Å². The Bertz CT molecular complexity index is 232. The van der Waals surface area contributed by atoms with E-state index in [-0.39, 0.29) is 6.04 Å². The van der Waals surface area contributed by atoms with E-state index in [1.54, 1.807) is 4.90 Å². The Hall–Kier alpha value is -0.290. The minimum atomic E-state index is -4.06. The number of nitrogens with one attached hydrogen (secondary N) is 1. The molecule has 0 atom stereocenters. The van der Waals surface area contributed by atoms with Gasteiger partial charge in [-0.3, -0.25) is 4.90 Å². The minimum absolute atomic E-state index is 0.122. The average Bonchev–Trinajstić information content (AvgIpc) is 3.08. The Kier molecular flexibility index (Phi) is 4.31. The van der Waals surface area contributed by atoms with Crippen molar-refractivity contribution in [1.82, 2.24) is 10.2 Å². The van der Waals surface area contributed by atoms with Crippen LogP contribution in [0.2, 0.25) is 0 Å². The third-order valence-corrected chi connectivity index (χ3v) is 3.73. The Labute approximate surface area is 101 Å². The molecule has 5 heteroatoms. The molecule has 0 aromatic rings. The van der Waals surface area contributed by atoms with Crippen LogP contribution in [0.5, 0.6) is 0 Å². The molecule has 1 saturated heterocycles. The third kappa shape index (κ3) is 4.84. The Morgan fingerprint density at radius 1 is 1.06 bits per heavy atom. The van der Waals surface area contributed by atoms with E-state index >= 15 is 0 Å². The molecule has 0 amide bonds. The second-order valence-corrected chi connectivity index (χ2v) is 5.30. The highest BCUT2D eigenvalue weighted by atomic mass is 19.4. The molecule has 2 rings (SSSR count). The quantitative estimate of drug-likeness (QED) is 0.806. The largest absolute Gasteiger partial charge is 0.401 e. The summed E-state index contributed by atoms with van der Waals surface area (Å²) >= 11 is 0. The van der Waals surface area contributed by atoms with Crippen molar-refractivity contribution in [2.45, 2.75) is 44.3 Å². The van der Waals surface area contributed by atoms with Crippen molar-refractivity contribution >= 4 is 0 Å². The van der Waals surface area contributed by atoms with Gasteiger partial charge in [0.1, 0.15) is 0 Å². The van der Waals surface area contributed by atoms with Crippen LogP contribution in [0.25, 0.3) is 0 Å². The first-order chi connectivity index (χ1) is 8.04. The van der Waals surface area contributed by atoms with Crippen LogP contribution in [0, 0.1) is 5.92 Å². The van der Waals surface area contributed by atoms with Gasteiger partial charge < -0.3 is 5.32 Å². The fourth-order valence-corrected chi connectivity index (χ4v) is 2.55. The van der Waals surface area contributed by atoms with Gasteiger partial charge in [-0.25, -0.2) is 0 Å². The molecule has 0 aromatic carbocycles. The molecule has 1 aliphatic heterocycles. The van der Waals surface area contributed by atoms with E-state index in [0.717, 1.165) is 32.4 Å². The lowest BCUT2D eigenvalue weighted by atomic mass is 10.0. The van der Waals surface area contributed by atoms with Crippen LogP contribution in [-0.4, -0.2) is 43.3 Å². The van der Waals surface area contributed by atoms with E-state index in [1.165, 1.54) is 12.8 Å². The van der Waals surface area contributed by atoms with Crippen LogP contribution < -0.4 is 5.32 Å². The maximum atomic E-state index is 12.5. The fraction of sp³-hybridized carbons (Fsp3) is 1.00. The van der Waals surface area contributed by atoms with Crippen molar-refractivity contribution in [1.29, 1.82) is 0 Å². The van der Waals surface area contributed by atoms with Gasteiger partial charge in [0.25, 0.3) is 0 Å². The highest BCUT2D eigenvalue weighted by Gasteiger charge is 2.35. The van der Waals surface area contributed by atoms with Crippen LogP contribution >= 0.6 is 0 Å². The molecule has 2 nitrogen and oxygen atoms in total. The normalized spacial score (nSPS) is 23.3. The van der Waals surface area contributed by atoms with Gasteiger partial charge in [-0.2, -0.15) is 13.2 Å². The van der Waals surface area contributed by atoms with Crippen molar-refractivity contribution < 1.29 is 13.2 Å². The minimum Gasteiger partial charge on any atom is -0.317 e. The lowest BCUT2D eigenvalue weighted by Crippen LogP contribution is -2.47. The predicted molar refractivity (Wildman–Crippen MR) is 60.9 cm³/mol. The summed E-state index contributed by atoms with van der Waals surface area (Å²) in [5, 5.41) is 3.20. The zero-order valence-electron chi connectivity index (χ0n) is 10.1. The zero-order chi connectivity index (χ0) is 12.3. The number of nitrogens with zero attached hydrogens (tertiary/aromatic N) is 1. The molecule has 17 heavy (non-hydrogen) atoms. The predicted octanol–water partition coefficient (Wildman–Crippen LogP) is 2.40. The van der Waals surface area contributed by atoms with E-state index < -0.39 is 12.7 Å². The molecular formula is C12H21F3N2. The van der Waals surface area contributed by atoms with Gasteiger partial charge in [-0.15, -0.1) is 0 Å². The van der Waals surface area contributed by atoms with Crippen LogP contribution in [0.4, 0.5) is 13.2 Å². The van der Waals surface area contributed by atoms with Crippen LogP contribution in [0.15, 0.2) is 0 Å². The molecule has 1 aliphatic carbocycles. The third-order valence-electron chi connectivity index (χ3n) is 3.73. The summed E-state index contributed by atoms with van der Waals surface area (Å²) in [6.45, 7) is 1.59. The van der Waals surface area contributed by atoms with Gasteiger partial charge in [0, 0.05) is 6.04 Å². The molecule has 2 aliphatic rings. The summed E-state index contributed by atoms with van der Waals surface area (Å²) in [5.41, 5.74) is 0. The Balaban J connectivity index is 1.84. The lowest BCUT2D eigenvalue weighted by molar-refractivity contribution is -0.152. The second kappa shape index (κ2) is 5.57. The maximum Gasteiger partial charge on any atom is 0.401 e. The molecule has 0 bridgehead atoms. The average molecular weight is 250 g/mol. The highest BCUT2D eigenvalue weighted by molar-refractivity contribution is 4.82. The van der Waals surface area contributed by atoms with Gasteiger partial charge in [-0.1, -0.05) is 12.8 Å². The lowest BCUT2D eigenvalue weighted by Gasteiger charge is -2.35. The van der Waals surface area contributed by atoms with Crippen molar-refractivity contribution in [2.24, 2.45) is 5.92 Å². The fourth-order valence-electron chi connectivity index (χ4n) is 2.55. The van der Waals surface area contributed by atoms with Crippen LogP contribution in [0.3, 0.4) is 0 Å². The van der Waals surface area contributed by atoms with Gasteiger partial charge >= 0.3 is 6.18 Å². The monoisotopic (exact) mass is 250 g/mol. The second-order valence-electron chi connectivity index (χ2n) is 5.30. The van der Waals surface area contributed by atoms with Gasteiger partial charge in [0.15, 0.2) is 0 Å². The first-order valence-electron chi connectivity index (χ1n) is 6.56. The number of halogens is 3. The van der Waals surface area contributed by atoms with Crippen molar-refractivity contribution in [3.05, 3.63) is 0 Å². The molecule has 0 spiro atoms. The molecule has 2 fully saturated rings.